The minimum absolute atomic E-state index is 0.220. The van der Waals surface area contributed by atoms with Crippen molar-refractivity contribution in [2.24, 2.45) is 0 Å². The first-order valence-electron chi connectivity index (χ1n) is 11.6. The van der Waals surface area contributed by atoms with Gasteiger partial charge in [-0.3, -0.25) is 14.9 Å². The molecule has 0 spiro atoms. The summed E-state index contributed by atoms with van der Waals surface area (Å²) in [5.41, 5.74) is 2.59. The number of hydrogen-bond acceptors (Lipinski definition) is 7. The summed E-state index contributed by atoms with van der Waals surface area (Å²) in [7, 11) is 3.06. The van der Waals surface area contributed by atoms with Gasteiger partial charge < -0.3 is 24.1 Å². The number of aromatic nitrogens is 1. The SMILES string of the molecule is CCN1CCc2nc(NC(=O)c3cccc(CNC(=O)c4ccc(OC)c(OC)c4)c3)oc2CC1. The molecule has 2 amide bonds. The fourth-order valence-corrected chi connectivity index (χ4v) is 4.03. The monoisotopic (exact) mass is 478 g/mol. The standard InChI is InChI=1S/C26H30N4O5/c1-4-30-12-10-20-21(11-13-30)35-26(28-20)29-25(32)18-7-5-6-17(14-18)16-27-24(31)19-8-9-22(33-2)23(15-19)34-3/h5-9,14-15H,4,10-13,16H2,1-3H3,(H,27,31)(H,28,29,32). The van der Waals surface area contributed by atoms with E-state index in [0.717, 1.165) is 49.5 Å². The minimum atomic E-state index is -0.315. The van der Waals surface area contributed by atoms with Crippen LogP contribution in [-0.2, 0) is 19.4 Å². The lowest BCUT2D eigenvalue weighted by Crippen LogP contribution is -2.26. The Labute approximate surface area is 204 Å². The molecule has 2 aromatic carbocycles. The van der Waals surface area contributed by atoms with Crippen LogP contribution in [0.15, 0.2) is 46.9 Å². The Morgan fingerprint density at radius 1 is 1.00 bits per heavy atom. The normalized spacial score (nSPS) is 13.5. The van der Waals surface area contributed by atoms with Crippen LogP contribution in [-0.4, -0.2) is 55.6 Å². The molecule has 2 N–H and O–H groups in total. The summed E-state index contributed by atoms with van der Waals surface area (Å²) in [6.07, 6.45) is 1.58. The molecular weight excluding hydrogens is 448 g/mol. The number of hydrogen-bond donors (Lipinski definition) is 2. The second-order valence-corrected chi connectivity index (χ2v) is 8.23. The summed E-state index contributed by atoms with van der Waals surface area (Å²) in [6.45, 7) is 5.25. The van der Waals surface area contributed by atoms with Crippen LogP contribution in [0.25, 0.3) is 0 Å². The molecule has 3 aromatic rings. The quantitative estimate of drug-likeness (QED) is 0.512. The lowest BCUT2D eigenvalue weighted by molar-refractivity contribution is 0.0950. The Bertz CT molecular complexity index is 1180. The van der Waals surface area contributed by atoms with Crippen LogP contribution in [0.5, 0.6) is 11.5 Å². The molecule has 0 unspecified atom stereocenters. The van der Waals surface area contributed by atoms with Gasteiger partial charge in [0.15, 0.2) is 11.5 Å². The number of methoxy groups -OCH3 is 2. The number of carbonyl (C=O) groups excluding carboxylic acids is 2. The number of anilines is 1. The summed E-state index contributed by atoms with van der Waals surface area (Å²) in [5, 5.41) is 5.62. The number of nitrogens with one attached hydrogen (secondary N) is 2. The highest BCUT2D eigenvalue weighted by Crippen LogP contribution is 2.27. The molecule has 0 saturated heterocycles. The lowest BCUT2D eigenvalue weighted by Gasteiger charge is -2.16. The van der Waals surface area contributed by atoms with Crippen LogP contribution in [0.4, 0.5) is 6.01 Å². The van der Waals surface area contributed by atoms with Gasteiger partial charge in [0.25, 0.3) is 11.8 Å². The number of ether oxygens (including phenoxy) is 2. The Hall–Kier alpha value is -3.85. The van der Waals surface area contributed by atoms with E-state index in [0.29, 0.717) is 22.6 Å². The third kappa shape index (κ3) is 5.81. The molecule has 1 aliphatic rings. The molecule has 0 bridgehead atoms. The highest BCUT2D eigenvalue weighted by atomic mass is 16.5. The molecular formula is C26H30N4O5. The second kappa shape index (κ2) is 11.1. The summed E-state index contributed by atoms with van der Waals surface area (Å²) in [6, 6.07) is 12.3. The predicted molar refractivity (Wildman–Crippen MR) is 131 cm³/mol. The summed E-state index contributed by atoms with van der Waals surface area (Å²) < 4.78 is 16.3. The van der Waals surface area contributed by atoms with Crippen molar-refractivity contribution < 1.29 is 23.5 Å². The van der Waals surface area contributed by atoms with Gasteiger partial charge >= 0.3 is 6.01 Å². The third-order valence-corrected chi connectivity index (χ3v) is 6.05. The molecule has 1 aromatic heterocycles. The average molecular weight is 479 g/mol. The summed E-state index contributed by atoms with van der Waals surface area (Å²) in [5.74, 6) is 1.29. The highest BCUT2D eigenvalue weighted by molar-refractivity contribution is 6.03. The van der Waals surface area contributed by atoms with Gasteiger partial charge in [0, 0.05) is 43.6 Å². The van der Waals surface area contributed by atoms with Crippen LogP contribution in [0, 0.1) is 0 Å². The van der Waals surface area contributed by atoms with Crippen molar-refractivity contribution >= 4 is 17.8 Å². The zero-order valence-electron chi connectivity index (χ0n) is 20.2. The van der Waals surface area contributed by atoms with Gasteiger partial charge in [-0.1, -0.05) is 19.1 Å². The first-order chi connectivity index (χ1) is 17.0. The van der Waals surface area contributed by atoms with E-state index in [4.69, 9.17) is 13.9 Å². The van der Waals surface area contributed by atoms with E-state index in [1.807, 2.05) is 6.07 Å². The molecule has 4 rings (SSSR count). The van der Waals surface area contributed by atoms with E-state index < -0.39 is 0 Å². The minimum Gasteiger partial charge on any atom is -0.493 e. The number of oxazole rings is 1. The first-order valence-corrected chi connectivity index (χ1v) is 11.6. The number of rotatable bonds is 8. The van der Waals surface area contributed by atoms with Crippen LogP contribution in [0.3, 0.4) is 0 Å². The van der Waals surface area contributed by atoms with Crippen LogP contribution in [0.2, 0.25) is 0 Å². The van der Waals surface area contributed by atoms with Crippen molar-refractivity contribution in [3.8, 4) is 11.5 Å². The van der Waals surface area contributed by atoms with Crippen molar-refractivity contribution in [1.82, 2.24) is 15.2 Å². The molecule has 0 saturated carbocycles. The Kier molecular flexibility index (Phi) is 7.67. The summed E-state index contributed by atoms with van der Waals surface area (Å²) >= 11 is 0. The number of benzene rings is 2. The average Bonchev–Trinajstić information content (AvgIpc) is 3.17. The smallest absolute Gasteiger partial charge is 0.302 e. The molecule has 1 aliphatic heterocycles. The zero-order chi connectivity index (χ0) is 24.8. The molecule has 35 heavy (non-hydrogen) atoms. The molecule has 0 atom stereocenters. The number of carbonyl (C=O) groups is 2. The van der Waals surface area contributed by atoms with Crippen molar-refractivity contribution in [2.45, 2.75) is 26.3 Å². The Balaban J connectivity index is 1.37. The van der Waals surface area contributed by atoms with E-state index in [1.165, 1.54) is 14.2 Å². The van der Waals surface area contributed by atoms with Gasteiger partial charge in [0.1, 0.15) is 5.76 Å². The van der Waals surface area contributed by atoms with Gasteiger partial charge in [-0.05, 0) is 42.4 Å². The topological polar surface area (TPSA) is 106 Å². The van der Waals surface area contributed by atoms with Crippen molar-refractivity contribution in [2.75, 3.05) is 39.2 Å². The van der Waals surface area contributed by atoms with Gasteiger partial charge in [0.05, 0.1) is 19.9 Å². The largest absolute Gasteiger partial charge is 0.493 e. The van der Waals surface area contributed by atoms with E-state index >= 15 is 0 Å². The third-order valence-electron chi connectivity index (χ3n) is 6.05. The summed E-state index contributed by atoms with van der Waals surface area (Å²) in [4.78, 5) is 32.2. The molecule has 184 valence electrons. The van der Waals surface area contributed by atoms with E-state index in [2.05, 4.69) is 27.4 Å². The number of likely N-dealkylation sites (N-methyl/N-ethyl adjacent to an activating group) is 1. The maximum absolute atomic E-state index is 12.8. The number of nitrogens with zero attached hydrogens (tertiary/aromatic N) is 2. The van der Waals surface area contributed by atoms with Crippen molar-refractivity contribution in [3.63, 3.8) is 0 Å². The molecule has 0 aliphatic carbocycles. The molecule has 0 fully saturated rings. The lowest BCUT2D eigenvalue weighted by atomic mass is 10.1. The van der Waals surface area contributed by atoms with Gasteiger partial charge in [-0.15, -0.1) is 0 Å². The Morgan fingerprint density at radius 3 is 2.54 bits per heavy atom. The number of fused-ring (bicyclic) bond motifs is 1. The maximum atomic E-state index is 12.8. The van der Waals surface area contributed by atoms with Gasteiger partial charge in [0.2, 0.25) is 0 Å². The Morgan fingerprint density at radius 2 is 1.77 bits per heavy atom. The molecule has 0 radical (unpaired) electrons. The van der Waals surface area contributed by atoms with Crippen molar-refractivity contribution in [1.29, 1.82) is 0 Å². The van der Waals surface area contributed by atoms with Gasteiger partial charge in [-0.2, -0.15) is 4.98 Å². The van der Waals surface area contributed by atoms with Crippen LogP contribution >= 0.6 is 0 Å². The van der Waals surface area contributed by atoms with Crippen LogP contribution in [0.1, 0.15) is 44.7 Å². The zero-order valence-corrected chi connectivity index (χ0v) is 20.2. The fourth-order valence-electron chi connectivity index (χ4n) is 4.03. The van der Waals surface area contributed by atoms with E-state index in [1.54, 1.807) is 36.4 Å². The molecule has 9 nitrogen and oxygen atoms in total. The van der Waals surface area contributed by atoms with Crippen LogP contribution < -0.4 is 20.1 Å². The van der Waals surface area contributed by atoms with E-state index in [9.17, 15) is 9.59 Å². The molecule has 2 heterocycles. The maximum Gasteiger partial charge on any atom is 0.302 e. The predicted octanol–water partition coefficient (Wildman–Crippen LogP) is 3.29. The second-order valence-electron chi connectivity index (χ2n) is 8.23. The van der Waals surface area contributed by atoms with Gasteiger partial charge in [-0.25, -0.2) is 0 Å². The van der Waals surface area contributed by atoms with Crippen molar-refractivity contribution in [3.05, 3.63) is 70.6 Å². The highest BCUT2D eigenvalue weighted by Gasteiger charge is 2.20. The fraction of sp³-hybridized carbons (Fsp3) is 0.346. The molecule has 9 heteroatoms. The van der Waals surface area contributed by atoms with E-state index in [-0.39, 0.29) is 24.4 Å². The number of amides is 2. The first kappa shape index (κ1) is 24.3.